The minimum absolute atomic E-state index is 0.0394. The SMILES string of the molecule is COc1ccc(Cl)cc1N(CC(=O)NCCOc1ccc(C)c(Cl)c1)S(=O)(=O)c1ccc(C)cc1. The zero-order chi connectivity index (χ0) is 25.6. The van der Waals surface area contributed by atoms with E-state index >= 15 is 0 Å². The summed E-state index contributed by atoms with van der Waals surface area (Å²) in [5.41, 5.74) is 1.99. The molecule has 0 saturated heterocycles. The van der Waals surface area contributed by atoms with Crippen LogP contribution < -0.4 is 19.1 Å². The van der Waals surface area contributed by atoms with E-state index in [1.807, 2.05) is 19.9 Å². The Balaban J connectivity index is 1.78. The zero-order valence-electron chi connectivity index (χ0n) is 19.5. The van der Waals surface area contributed by atoms with Gasteiger partial charge in [-0.15, -0.1) is 0 Å². The summed E-state index contributed by atoms with van der Waals surface area (Å²) in [4.78, 5) is 12.8. The normalized spacial score (nSPS) is 11.1. The summed E-state index contributed by atoms with van der Waals surface area (Å²) in [6.45, 7) is 3.60. The van der Waals surface area contributed by atoms with E-state index in [2.05, 4.69) is 5.32 Å². The topological polar surface area (TPSA) is 84.9 Å². The van der Waals surface area contributed by atoms with Gasteiger partial charge in [0, 0.05) is 10.0 Å². The maximum absolute atomic E-state index is 13.5. The summed E-state index contributed by atoms with van der Waals surface area (Å²) in [6, 6.07) is 16.3. The highest BCUT2D eigenvalue weighted by atomic mass is 35.5. The molecule has 0 radical (unpaired) electrons. The van der Waals surface area contributed by atoms with Crippen molar-refractivity contribution in [3.05, 3.63) is 81.8 Å². The molecule has 0 atom stereocenters. The highest BCUT2D eigenvalue weighted by molar-refractivity contribution is 7.92. The predicted molar refractivity (Wildman–Crippen MR) is 138 cm³/mol. The smallest absolute Gasteiger partial charge is 0.264 e. The van der Waals surface area contributed by atoms with Crippen LogP contribution in [0.3, 0.4) is 0 Å². The van der Waals surface area contributed by atoms with Gasteiger partial charge in [0.1, 0.15) is 24.7 Å². The first-order valence-corrected chi connectivity index (χ1v) is 12.9. The number of hydrogen-bond acceptors (Lipinski definition) is 5. The summed E-state index contributed by atoms with van der Waals surface area (Å²) in [5.74, 6) is 0.313. The number of halogens is 2. The van der Waals surface area contributed by atoms with Gasteiger partial charge in [0.25, 0.3) is 10.0 Å². The molecule has 7 nitrogen and oxygen atoms in total. The third-order valence-electron chi connectivity index (χ3n) is 5.14. The van der Waals surface area contributed by atoms with Gasteiger partial charge in [-0.2, -0.15) is 0 Å². The summed E-state index contributed by atoms with van der Waals surface area (Å²) in [5, 5.41) is 3.57. The molecule has 10 heteroatoms. The van der Waals surface area contributed by atoms with E-state index in [4.69, 9.17) is 32.7 Å². The van der Waals surface area contributed by atoms with Crippen molar-refractivity contribution in [2.24, 2.45) is 0 Å². The lowest BCUT2D eigenvalue weighted by Crippen LogP contribution is -2.42. The Hall–Kier alpha value is -2.94. The van der Waals surface area contributed by atoms with Gasteiger partial charge in [-0.05, 0) is 61.9 Å². The van der Waals surface area contributed by atoms with E-state index in [0.717, 1.165) is 15.4 Å². The molecule has 0 aromatic heterocycles. The molecular weight excluding hydrogens is 511 g/mol. The van der Waals surface area contributed by atoms with Crippen molar-refractivity contribution < 1.29 is 22.7 Å². The largest absolute Gasteiger partial charge is 0.495 e. The molecule has 0 aliphatic heterocycles. The van der Waals surface area contributed by atoms with Crippen LogP contribution in [0.1, 0.15) is 11.1 Å². The summed E-state index contributed by atoms with van der Waals surface area (Å²) < 4.78 is 39.0. The number of nitrogens with zero attached hydrogens (tertiary/aromatic N) is 1. The molecule has 0 aliphatic carbocycles. The predicted octanol–water partition coefficient (Wildman–Crippen LogP) is 5.01. The van der Waals surface area contributed by atoms with Crippen molar-refractivity contribution in [2.75, 3.05) is 31.1 Å². The Kier molecular flexibility index (Phi) is 8.88. The van der Waals surface area contributed by atoms with Crippen molar-refractivity contribution in [3.8, 4) is 11.5 Å². The van der Waals surface area contributed by atoms with E-state index in [9.17, 15) is 13.2 Å². The Labute approximate surface area is 215 Å². The molecule has 186 valence electrons. The van der Waals surface area contributed by atoms with E-state index in [1.54, 1.807) is 36.4 Å². The molecule has 3 rings (SSSR count). The molecule has 0 aliphatic rings. The van der Waals surface area contributed by atoms with Gasteiger partial charge in [-0.3, -0.25) is 9.10 Å². The number of methoxy groups -OCH3 is 1. The monoisotopic (exact) mass is 536 g/mol. The number of benzene rings is 3. The van der Waals surface area contributed by atoms with Gasteiger partial charge in [-0.25, -0.2) is 8.42 Å². The molecule has 0 unspecified atom stereocenters. The number of aryl methyl sites for hydroxylation is 2. The number of carbonyl (C=O) groups excluding carboxylic acids is 1. The van der Waals surface area contributed by atoms with Crippen molar-refractivity contribution in [1.82, 2.24) is 5.32 Å². The Morgan fingerprint density at radius 2 is 1.71 bits per heavy atom. The van der Waals surface area contributed by atoms with Crippen LogP contribution in [-0.4, -0.2) is 41.1 Å². The van der Waals surface area contributed by atoms with Crippen molar-refractivity contribution in [1.29, 1.82) is 0 Å². The molecule has 0 spiro atoms. The van der Waals surface area contributed by atoms with Gasteiger partial charge in [0.05, 0.1) is 24.2 Å². The number of rotatable bonds is 10. The highest BCUT2D eigenvalue weighted by Crippen LogP contribution is 2.34. The Morgan fingerprint density at radius 3 is 2.37 bits per heavy atom. The summed E-state index contributed by atoms with van der Waals surface area (Å²) >= 11 is 12.2. The molecule has 0 fully saturated rings. The number of hydrogen-bond donors (Lipinski definition) is 1. The Morgan fingerprint density at radius 1 is 1.00 bits per heavy atom. The average Bonchev–Trinajstić information content (AvgIpc) is 2.82. The lowest BCUT2D eigenvalue weighted by molar-refractivity contribution is -0.119. The second kappa shape index (κ2) is 11.7. The third kappa shape index (κ3) is 6.81. The average molecular weight is 537 g/mol. The number of anilines is 1. The standard InChI is InChI=1S/C25H26Cl2N2O5S/c1-17-4-9-21(10-5-17)35(31,32)29(23-14-19(26)7-11-24(23)33-3)16-25(30)28-12-13-34-20-8-6-18(2)22(27)15-20/h4-11,14-15H,12-13,16H2,1-3H3,(H,28,30). The minimum atomic E-state index is -4.11. The molecule has 3 aromatic carbocycles. The maximum atomic E-state index is 13.5. The third-order valence-corrected chi connectivity index (χ3v) is 7.56. The fourth-order valence-electron chi connectivity index (χ4n) is 3.20. The van der Waals surface area contributed by atoms with Crippen LogP contribution in [0, 0.1) is 13.8 Å². The summed E-state index contributed by atoms with van der Waals surface area (Å²) in [7, 11) is -2.69. The van der Waals surface area contributed by atoms with E-state index in [0.29, 0.717) is 15.8 Å². The first-order chi connectivity index (χ1) is 16.6. The van der Waals surface area contributed by atoms with Gasteiger partial charge >= 0.3 is 0 Å². The number of ether oxygens (including phenoxy) is 2. The van der Waals surface area contributed by atoms with Gasteiger partial charge < -0.3 is 14.8 Å². The van der Waals surface area contributed by atoms with Crippen LogP contribution in [0.5, 0.6) is 11.5 Å². The molecule has 3 aromatic rings. The van der Waals surface area contributed by atoms with Crippen LogP contribution in [0.25, 0.3) is 0 Å². The van der Waals surface area contributed by atoms with E-state index in [-0.39, 0.29) is 29.5 Å². The summed E-state index contributed by atoms with van der Waals surface area (Å²) in [6.07, 6.45) is 0. The van der Waals surface area contributed by atoms with Crippen LogP contribution in [-0.2, 0) is 14.8 Å². The van der Waals surface area contributed by atoms with Crippen LogP contribution in [0.2, 0.25) is 10.0 Å². The molecule has 1 N–H and O–H groups in total. The second-order valence-electron chi connectivity index (χ2n) is 7.75. The van der Waals surface area contributed by atoms with Crippen LogP contribution in [0.15, 0.2) is 65.6 Å². The molecule has 0 heterocycles. The number of nitrogens with one attached hydrogen (secondary N) is 1. The van der Waals surface area contributed by atoms with Crippen molar-refractivity contribution in [2.45, 2.75) is 18.7 Å². The molecule has 1 amide bonds. The molecule has 0 saturated carbocycles. The number of amides is 1. The van der Waals surface area contributed by atoms with Crippen molar-refractivity contribution in [3.63, 3.8) is 0 Å². The lowest BCUT2D eigenvalue weighted by atomic mass is 10.2. The fourth-order valence-corrected chi connectivity index (χ4v) is 4.96. The maximum Gasteiger partial charge on any atom is 0.264 e. The highest BCUT2D eigenvalue weighted by Gasteiger charge is 2.29. The van der Waals surface area contributed by atoms with Crippen LogP contribution >= 0.6 is 23.2 Å². The first kappa shape index (κ1) is 26.7. The zero-order valence-corrected chi connectivity index (χ0v) is 21.9. The van der Waals surface area contributed by atoms with Gasteiger partial charge in [0.15, 0.2) is 0 Å². The molecular formula is C25H26Cl2N2O5S. The lowest BCUT2D eigenvalue weighted by Gasteiger charge is -2.26. The van der Waals surface area contributed by atoms with E-state index < -0.39 is 22.5 Å². The van der Waals surface area contributed by atoms with Crippen LogP contribution in [0.4, 0.5) is 5.69 Å². The van der Waals surface area contributed by atoms with E-state index in [1.165, 1.54) is 25.3 Å². The van der Waals surface area contributed by atoms with Gasteiger partial charge in [-0.1, -0.05) is 47.0 Å². The van der Waals surface area contributed by atoms with Crippen molar-refractivity contribution >= 4 is 44.8 Å². The molecule has 35 heavy (non-hydrogen) atoms. The molecule has 0 bridgehead atoms. The number of carbonyl (C=O) groups is 1. The second-order valence-corrected chi connectivity index (χ2v) is 10.5. The fraction of sp³-hybridized carbons (Fsp3) is 0.240. The first-order valence-electron chi connectivity index (χ1n) is 10.7. The minimum Gasteiger partial charge on any atom is -0.495 e. The number of sulfonamides is 1. The Bertz CT molecular complexity index is 1300. The quantitative estimate of drug-likeness (QED) is 0.368. The van der Waals surface area contributed by atoms with Gasteiger partial charge in [0.2, 0.25) is 5.91 Å².